The van der Waals surface area contributed by atoms with Crippen LogP contribution in [0, 0.1) is 0 Å². The first-order chi connectivity index (χ1) is 10.0. The van der Waals surface area contributed by atoms with Crippen LogP contribution in [0.1, 0.15) is 18.4 Å². The number of halogens is 3. The summed E-state index contributed by atoms with van der Waals surface area (Å²) in [5.41, 5.74) is 0.262. The van der Waals surface area contributed by atoms with Crippen molar-refractivity contribution in [1.29, 1.82) is 0 Å². The maximum atomic E-state index is 12.6. The van der Waals surface area contributed by atoms with Gasteiger partial charge in [0.1, 0.15) is 0 Å². The van der Waals surface area contributed by atoms with Crippen molar-refractivity contribution in [1.82, 2.24) is 5.32 Å². The van der Waals surface area contributed by atoms with E-state index in [2.05, 4.69) is 10.2 Å². The van der Waals surface area contributed by atoms with Gasteiger partial charge in [-0.25, -0.2) is 0 Å². The van der Waals surface area contributed by atoms with E-state index < -0.39 is 11.7 Å². The number of nitrogens with one attached hydrogen (secondary N) is 1. The van der Waals surface area contributed by atoms with E-state index in [1.807, 2.05) is 0 Å². The van der Waals surface area contributed by atoms with Crippen molar-refractivity contribution in [3.63, 3.8) is 0 Å². The summed E-state index contributed by atoms with van der Waals surface area (Å²) in [4.78, 5) is 2.13. The van der Waals surface area contributed by atoms with Gasteiger partial charge in [-0.15, -0.1) is 0 Å². The molecule has 0 aliphatic carbocycles. The molecule has 2 saturated heterocycles. The van der Waals surface area contributed by atoms with E-state index in [4.69, 9.17) is 4.74 Å². The summed E-state index contributed by atoms with van der Waals surface area (Å²) < 4.78 is 43.0. The minimum absolute atomic E-state index is 0.388. The van der Waals surface area contributed by atoms with Crippen molar-refractivity contribution >= 4 is 5.69 Å². The molecule has 0 radical (unpaired) electrons. The molecule has 0 bridgehead atoms. The molecule has 2 heterocycles. The standard InChI is InChI=1S/C15H19F3N2O/c16-15(17,18)11-1-3-14(4-2-11)20-7-5-12(9-20)19-13-6-8-21-10-13/h1-4,12-13,19H,5-10H2/t12-,13+/m1/s1. The number of hydrogen-bond acceptors (Lipinski definition) is 3. The van der Waals surface area contributed by atoms with Gasteiger partial charge in [0.2, 0.25) is 0 Å². The fraction of sp³-hybridized carbons (Fsp3) is 0.600. The van der Waals surface area contributed by atoms with Crippen LogP contribution in [0.5, 0.6) is 0 Å². The molecule has 116 valence electrons. The van der Waals surface area contributed by atoms with E-state index in [9.17, 15) is 13.2 Å². The lowest BCUT2D eigenvalue weighted by atomic mass is 10.2. The summed E-state index contributed by atoms with van der Waals surface area (Å²) >= 11 is 0. The Balaban J connectivity index is 1.58. The molecular weight excluding hydrogens is 281 g/mol. The molecule has 0 amide bonds. The van der Waals surface area contributed by atoms with Crippen molar-refractivity contribution in [2.45, 2.75) is 31.1 Å². The van der Waals surface area contributed by atoms with Gasteiger partial charge in [-0.3, -0.25) is 0 Å². The van der Waals surface area contributed by atoms with Gasteiger partial charge in [-0.05, 0) is 37.1 Å². The van der Waals surface area contributed by atoms with Gasteiger partial charge in [0, 0.05) is 37.5 Å². The first-order valence-corrected chi connectivity index (χ1v) is 7.28. The maximum absolute atomic E-state index is 12.6. The molecular formula is C15H19F3N2O. The van der Waals surface area contributed by atoms with Gasteiger partial charge in [-0.2, -0.15) is 13.2 Å². The molecule has 2 aliphatic rings. The highest BCUT2D eigenvalue weighted by atomic mass is 19.4. The largest absolute Gasteiger partial charge is 0.416 e. The lowest BCUT2D eigenvalue weighted by molar-refractivity contribution is -0.137. The Labute approximate surface area is 122 Å². The van der Waals surface area contributed by atoms with Gasteiger partial charge in [0.05, 0.1) is 12.2 Å². The molecule has 2 fully saturated rings. The predicted octanol–water partition coefficient (Wildman–Crippen LogP) is 2.66. The molecule has 2 aliphatic heterocycles. The van der Waals surface area contributed by atoms with Crippen LogP contribution >= 0.6 is 0 Å². The Morgan fingerprint density at radius 2 is 1.86 bits per heavy atom. The number of anilines is 1. The summed E-state index contributed by atoms with van der Waals surface area (Å²) in [6, 6.07) is 6.23. The summed E-state index contributed by atoms with van der Waals surface area (Å²) in [5.74, 6) is 0. The van der Waals surface area contributed by atoms with Crippen LogP contribution in [0.25, 0.3) is 0 Å². The van der Waals surface area contributed by atoms with Crippen molar-refractivity contribution < 1.29 is 17.9 Å². The average molecular weight is 300 g/mol. The van der Waals surface area contributed by atoms with E-state index in [1.165, 1.54) is 0 Å². The fourth-order valence-electron chi connectivity index (χ4n) is 2.99. The lowest BCUT2D eigenvalue weighted by Gasteiger charge is -2.21. The number of hydrogen-bond donors (Lipinski definition) is 1. The van der Waals surface area contributed by atoms with Gasteiger partial charge in [-0.1, -0.05) is 0 Å². The topological polar surface area (TPSA) is 24.5 Å². The smallest absolute Gasteiger partial charge is 0.380 e. The van der Waals surface area contributed by atoms with Crippen LogP contribution in [0.3, 0.4) is 0 Å². The fourth-order valence-corrected chi connectivity index (χ4v) is 2.99. The Hall–Kier alpha value is -1.27. The highest BCUT2D eigenvalue weighted by Crippen LogP contribution is 2.31. The molecule has 21 heavy (non-hydrogen) atoms. The summed E-state index contributed by atoms with van der Waals surface area (Å²) in [5, 5.41) is 3.57. The molecule has 3 nitrogen and oxygen atoms in total. The Bertz CT molecular complexity index is 469. The quantitative estimate of drug-likeness (QED) is 0.929. The zero-order valence-corrected chi connectivity index (χ0v) is 11.7. The van der Waals surface area contributed by atoms with Crippen LogP contribution < -0.4 is 10.2 Å². The normalized spacial score (nSPS) is 26.5. The molecule has 6 heteroatoms. The number of benzene rings is 1. The van der Waals surface area contributed by atoms with Crippen LogP contribution in [0.2, 0.25) is 0 Å². The molecule has 1 aromatic rings. The number of rotatable bonds is 3. The van der Waals surface area contributed by atoms with Crippen molar-refractivity contribution in [2.75, 3.05) is 31.2 Å². The Morgan fingerprint density at radius 1 is 1.10 bits per heavy atom. The first-order valence-electron chi connectivity index (χ1n) is 7.28. The second kappa shape index (κ2) is 5.85. The zero-order chi connectivity index (χ0) is 14.9. The van der Waals surface area contributed by atoms with E-state index in [0.717, 1.165) is 57.0 Å². The van der Waals surface area contributed by atoms with E-state index in [-0.39, 0.29) is 0 Å². The summed E-state index contributed by atoms with van der Waals surface area (Å²) in [6.07, 6.45) is -2.22. The molecule has 2 atom stereocenters. The van der Waals surface area contributed by atoms with E-state index in [0.29, 0.717) is 12.1 Å². The summed E-state index contributed by atoms with van der Waals surface area (Å²) in [7, 11) is 0. The second-order valence-electron chi connectivity index (χ2n) is 5.70. The lowest BCUT2D eigenvalue weighted by Crippen LogP contribution is -2.40. The van der Waals surface area contributed by atoms with Gasteiger partial charge in [0.25, 0.3) is 0 Å². The third-order valence-corrected chi connectivity index (χ3v) is 4.15. The van der Waals surface area contributed by atoms with Crippen molar-refractivity contribution in [3.05, 3.63) is 29.8 Å². The van der Waals surface area contributed by atoms with Gasteiger partial charge >= 0.3 is 6.18 Å². The van der Waals surface area contributed by atoms with E-state index in [1.54, 1.807) is 12.1 Å². The highest BCUT2D eigenvalue weighted by molar-refractivity contribution is 5.49. The minimum Gasteiger partial charge on any atom is -0.380 e. The molecule has 0 aromatic heterocycles. The van der Waals surface area contributed by atoms with Crippen LogP contribution in [-0.2, 0) is 10.9 Å². The van der Waals surface area contributed by atoms with Crippen molar-refractivity contribution in [2.24, 2.45) is 0 Å². The number of nitrogens with zero attached hydrogens (tertiary/aromatic N) is 1. The number of alkyl halides is 3. The molecule has 0 saturated carbocycles. The van der Waals surface area contributed by atoms with Gasteiger partial charge < -0.3 is 15.0 Å². The zero-order valence-electron chi connectivity index (χ0n) is 11.7. The molecule has 1 N–H and O–H groups in total. The Kier molecular flexibility index (Phi) is 4.08. The highest BCUT2D eigenvalue weighted by Gasteiger charge is 2.31. The molecule has 3 rings (SSSR count). The minimum atomic E-state index is -4.27. The average Bonchev–Trinajstić information content (AvgIpc) is 3.10. The maximum Gasteiger partial charge on any atom is 0.416 e. The van der Waals surface area contributed by atoms with Crippen LogP contribution in [0.4, 0.5) is 18.9 Å². The second-order valence-corrected chi connectivity index (χ2v) is 5.70. The predicted molar refractivity (Wildman–Crippen MR) is 74.4 cm³/mol. The van der Waals surface area contributed by atoms with Crippen molar-refractivity contribution in [3.8, 4) is 0 Å². The van der Waals surface area contributed by atoms with Gasteiger partial charge in [0.15, 0.2) is 0 Å². The van der Waals surface area contributed by atoms with Crippen LogP contribution in [0.15, 0.2) is 24.3 Å². The monoisotopic (exact) mass is 300 g/mol. The molecule has 0 unspecified atom stereocenters. The molecule has 1 aromatic carbocycles. The van der Waals surface area contributed by atoms with E-state index >= 15 is 0 Å². The number of ether oxygens (including phenoxy) is 1. The third-order valence-electron chi connectivity index (χ3n) is 4.15. The first kappa shape index (κ1) is 14.7. The SMILES string of the molecule is FC(F)(F)c1ccc(N2CC[C@@H](N[C@H]3CCOC3)C2)cc1. The Morgan fingerprint density at radius 3 is 2.48 bits per heavy atom. The molecule has 0 spiro atoms. The third kappa shape index (κ3) is 3.49. The summed E-state index contributed by atoms with van der Waals surface area (Å²) in [6.45, 7) is 3.28. The van der Waals surface area contributed by atoms with Crippen LogP contribution in [-0.4, -0.2) is 38.4 Å².